The monoisotopic (exact) mass is 498 g/mol. The Hall–Kier alpha value is -4.47. The predicted octanol–water partition coefficient (Wildman–Crippen LogP) is 4.44. The summed E-state index contributed by atoms with van der Waals surface area (Å²) in [6.45, 7) is 2.94. The number of aromatic nitrogens is 5. The first-order valence-electron chi connectivity index (χ1n) is 12.3. The van der Waals surface area contributed by atoms with Crippen molar-refractivity contribution in [2.75, 3.05) is 6.54 Å². The number of ether oxygens (including phenoxy) is 1. The van der Waals surface area contributed by atoms with Crippen LogP contribution in [0.25, 0.3) is 17.5 Å². The standard InChI is InChI=1S/C27H26N6O4/c1-17-26(28-16-36-17)23(8-6-18-4-5-18)37-24-14-20-15-33(25(34)9-7-21-3-2-12-35-21)11-10-19(20)13-22(24)27-29-31-32-30-27/h2-3,6-9,12-14,16,18,23H,4-5,10-11,15H2,1H3,(H,29,30,31,32)/b8-6+,9-7+. The minimum absolute atomic E-state index is 0.0739. The van der Waals surface area contributed by atoms with Gasteiger partial charge in [0.05, 0.1) is 11.8 Å². The third kappa shape index (κ3) is 5.09. The number of aromatic amines is 1. The van der Waals surface area contributed by atoms with Crippen molar-refractivity contribution in [1.29, 1.82) is 0 Å². The fraction of sp³-hybridized carbons (Fsp3) is 0.296. The molecule has 1 N–H and O–H groups in total. The second-order valence-corrected chi connectivity index (χ2v) is 9.27. The van der Waals surface area contributed by atoms with Crippen LogP contribution in [0.15, 0.2) is 64.0 Å². The van der Waals surface area contributed by atoms with Gasteiger partial charge < -0.3 is 18.5 Å². The molecule has 0 saturated heterocycles. The number of H-pyrrole nitrogens is 1. The van der Waals surface area contributed by atoms with Gasteiger partial charge in [-0.1, -0.05) is 6.08 Å². The van der Waals surface area contributed by atoms with Gasteiger partial charge in [0.2, 0.25) is 11.7 Å². The number of furan rings is 1. The molecule has 10 nitrogen and oxygen atoms in total. The molecule has 6 rings (SSSR count). The highest BCUT2D eigenvalue weighted by Gasteiger charge is 2.26. The van der Waals surface area contributed by atoms with Gasteiger partial charge in [0, 0.05) is 19.2 Å². The van der Waals surface area contributed by atoms with Gasteiger partial charge in [0.15, 0.2) is 12.5 Å². The SMILES string of the molecule is Cc1ocnc1C(/C=C/C1CC1)Oc1cc2c(cc1-c1nn[nH]n1)CCN(C(=O)/C=C/c1ccco1)C2. The maximum absolute atomic E-state index is 12.9. The Kier molecular flexibility index (Phi) is 6.13. The van der Waals surface area contributed by atoms with E-state index in [0.29, 0.717) is 54.2 Å². The van der Waals surface area contributed by atoms with Crippen molar-refractivity contribution in [3.63, 3.8) is 0 Å². The van der Waals surface area contributed by atoms with E-state index in [1.807, 2.05) is 36.1 Å². The number of rotatable bonds is 8. The quantitative estimate of drug-likeness (QED) is 0.279. The molecule has 1 aliphatic carbocycles. The first kappa shape index (κ1) is 23.0. The molecule has 1 unspecified atom stereocenters. The van der Waals surface area contributed by atoms with Crippen LogP contribution in [0.2, 0.25) is 0 Å². The third-order valence-corrected chi connectivity index (χ3v) is 6.63. The Morgan fingerprint density at radius 2 is 2.19 bits per heavy atom. The molecule has 1 aliphatic heterocycles. The zero-order chi connectivity index (χ0) is 25.2. The lowest BCUT2D eigenvalue weighted by atomic mass is 9.96. The highest BCUT2D eigenvalue weighted by atomic mass is 16.5. The number of fused-ring (bicyclic) bond motifs is 1. The lowest BCUT2D eigenvalue weighted by molar-refractivity contribution is -0.126. The maximum Gasteiger partial charge on any atom is 0.246 e. The average molecular weight is 499 g/mol. The van der Waals surface area contributed by atoms with Crippen LogP contribution in [0.4, 0.5) is 0 Å². The van der Waals surface area contributed by atoms with Crippen LogP contribution in [0.5, 0.6) is 5.75 Å². The number of aryl methyl sites for hydroxylation is 1. The molecular weight excluding hydrogens is 472 g/mol. The van der Waals surface area contributed by atoms with Gasteiger partial charge in [-0.3, -0.25) is 4.79 Å². The Bertz CT molecular complexity index is 1430. The van der Waals surface area contributed by atoms with Crippen molar-refractivity contribution in [2.24, 2.45) is 5.92 Å². The number of carbonyl (C=O) groups is 1. The number of hydrogen-bond donors (Lipinski definition) is 1. The fourth-order valence-electron chi connectivity index (χ4n) is 4.42. The number of carbonyl (C=O) groups excluding carboxylic acids is 1. The molecule has 0 radical (unpaired) electrons. The molecule has 10 heteroatoms. The normalized spacial score (nSPS) is 16.4. The molecule has 4 heterocycles. The first-order chi connectivity index (χ1) is 18.1. The molecule has 188 valence electrons. The average Bonchev–Trinajstić information content (AvgIpc) is 3.29. The van der Waals surface area contributed by atoms with E-state index in [2.05, 4.69) is 31.7 Å². The number of tetrazole rings is 1. The summed E-state index contributed by atoms with van der Waals surface area (Å²) in [5.74, 6) is 2.87. The number of benzene rings is 1. The van der Waals surface area contributed by atoms with Crippen LogP contribution in [0.1, 0.15) is 47.3 Å². The summed E-state index contributed by atoms with van der Waals surface area (Å²) in [7, 11) is 0. The largest absolute Gasteiger partial charge is 0.479 e. The predicted molar refractivity (Wildman–Crippen MR) is 133 cm³/mol. The smallest absolute Gasteiger partial charge is 0.246 e. The molecule has 0 spiro atoms. The van der Waals surface area contributed by atoms with Gasteiger partial charge in [-0.25, -0.2) is 4.98 Å². The van der Waals surface area contributed by atoms with Crippen molar-refractivity contribution in [3.05, 3.63) is 83.5 Å². The second kappa shape index (κ2) is 9.88. The summed E-state index contributed by atoms with van der Waals surface area (Å²) in [5, 5.41) is 14.7. The Labute approximate surface area is 213 Å². The van der Waals surface area contributed by atoms with Gasteiger partial charge in [-0.05, 0) is 84.9 Å². The van der Waals surface area contributed by atoms with E-state index in [-0.39, 0.29) is 5.91 Å². The molecule has 1 aromatic carbocycles. The van der Waals surface area contributed by atoms with Crippen LogP contribution in [0, 0.1) is 12.8 Å². The van der Waals surface area contributed by atoms with E-state index < -0.39 is 6.10 Å². The van der Waals surface area contributed by atoms with Crippen LogP contribution < -0.4 is 4.74 Å². The molecule has 1 fully saturated rings. The van der Waals surface area contributed by atoms with Crippen molar-refractivity contribution in [3.8, 4) is 17.1 Å². The van der Waals surface area contributed by atoms with E-state index in [9.17, 15) is 4.79 Å². The summed E-state index contributed by atoms with van der Waals surface area (Å²) < 4.78 is 17.3. The zero-order valence-corrected chi connectivity index (χ0v) is 20.3. The fourth-order valence-corrected chi connectivity index (χ4v) is 4.42. The van der Waals surface area contributed by atoms with Gasteiger partial charge in [0.1, 0.15) is 23.0 Å². The van der Waals surface area contributed by atoms with Gasteiger partial charge in [-0.15, -0.1) is 10.2 Å². The van der Waals surface area contributed by atoms with Crippen LogP contribution in [0.3, 0.4) is 0 Å². The zero-order valence-electron chi connectivity index (χ0n) is 20.3. The van der Waals surface area contributed by atoms with Crippen LogP contribution in [-0.4, -0.2) is 43.0 Å². The molecule has 1 amide bonds. The van der Waals surface area contributed by atoms with Gasteiger partial charge >= 0.3 is 0 Å². The van der Waals surface area contributed by atoms with E-state index in [0.717, 1.165) is 16.7 Å². The van der Waals surface area contributed by atoms with Crippen molar-refractivity contribution in [2.45, 2.75) is 38.8 Å². The number of nitrogens with one attached hydrogen (secondary N) is 1. The van der Waals surface area contributed by atoms with Crippen molar-refractivity contribution in [1.82, 2.24) is 30.5 Å². The maximum atomic E-state index is 12.9. The first-order valence-corrected chi connectivity index (χ1v) is 12.3. The molecule has 37 heavy (non-hydrogen) atoms. The van der Waals surface area contributed by atoms with Crippen molar-refractivity contribution < 1.29 is 18.4 Å². The van der Waals surface area contributed by atoms with E-state index >= 15 is 0 Å². The minimum atomic E-state index is -0.444. The number of hydrogen-bond acceptors (Lipinski definition) is 8. The molecule has 1 atom stereocenters. The molecular formula is C27H26N6O4. The third-order valence-electron chi connectivity index (χ3n) is 6.63. The van der Waals surface area contributed by atoms with Gasteiger partial charge in [0.25, 0.3) is 0 Å². The van der Waals surface area contributed by atoms with Crippen LogP contribution >= 0.6 is 0 Å². The number of allylic oxidation sites excluding steroid dienone is 1. The highest BCUT2D eigenvalue weighted by Crippen LogP contribution is 2.38. The highest BCUT2D eigenvalue weighted by molar-refractivity contribution is 5.91. The summed E-state index contributed by atoms with van der Waals surface area (Å²) in [6, 6.07) is 7.61. The van der Waals surface area contributed by atoms with E-state index in [1.165, 1.54) is 19.2 Å². The topological polar surface area (TPSA) is 123 Å². The second-order valence-electron chi connectivity index (χ2n) is 9.27. The number of oxazole rings is 1. The molecule has 2 aliphatic rings. The molecule has 0 bridgehead atoms. The molecule has 3 aromatic heterocycles. The summed E-state index contributed by atoms with van der Waals surface area (Å²) in [4.78, 5) is 19.1. The lowest BCUT2D eigenvalue weighted by Gasteiger charge is -2.29. The van der Waals surface area contributed by atoms with Crippen LogP contribution in [-0.2, 0) is 17.8 Å². The Morgan fingerprint density at radius 1 is 1.27 bits per heavy atom. The van der Waals surface area contributed by atoms with E-state index in [1.54, 1.807) is 24.5 Å². The summed E-state index contributed by atoms with van der Waals surface area (Å²) in [5.41, 5.74) is 3.58. The Morgan fingerprint density at radius 3 is 2.92 bits per heavy atom. The number of nitrogens with zero attached hydrogens (tertiary/aromatic N) is 5. The van der Waals surface area contributed by atoms with E-state index in [4.69, 9.17) is 13.6 Å². The Balaban J connectivity index is 1.31. The molecule has 4 aromatic rings. The van der Waals surface area contributed by atoms with Crippen molar-refractivity contribution >= 4 is 12.0 Å². The lowest BCUT2D eigenvalue weighted by Crippen LogP contribution is -2.34. The minimum Gasteiger partial charge on any atom is -0.479 e. The number of amides is 1. The summed E-state index contributed by atoms with van der Waals surface area (Å²) in [6.07, 6.45) is 13.1. The summed E-state index contributed by atoms with van der Waals surface area (Å²) >= 11 is 0. The molecule has 1 saturated carbocycles. The van der Waals surface area contributed by atoms with Gasteiger partial charge in [-0.2, -0.15) is 5.21 Å².